The summed E-state index contributed by atoms with van der Waals surface area (Å²) in [5, 5.41) is 0. The average molecular weight is 384 g/mol. The Kier molecular flexibility index (Phi) is 5.61. The van der Waals surface area contributed by atoms with Crippen LogP contribution in [0.2, 0.25) is 0 Å². The maximum absolute atomic E-state index is 12.5. The summed E-state index contributed by atoms with van der Waals surface area (Å²) >= 11 is 3.29. The van der Waals surface area contributed by atoms with Crippen molar-refractivity contribution in [3.05, 3.63) is 58.6 Å². The van der Waals surface area contributed by atoms with Gasteiger partial charge in [-0.2, -0.15) is 0 Å². The van der Waals surface area contributed by atoms with Crippen molar-refractivity contribution < 1.29 is 13.2 Å². The lowest BCUT2D eigenvalue weighted by molar-refractivity contribution is 0.402. The van der Waals surface area contributed by atoms with Crippen LogP contribution in [-0.4, -0.2) is 22.1 Å². The number of sulfonamides is 1. The van der Waals surface area contributed by atoms with Gasteiger partial charge in [0.2, 0.25) is 10.0 Å². The first-order valence-corrected chi connectivity index (χ1v) is 9.10. The van der Waals surface area contributed by atoms with Gasteiger partial charge in [-0.3, -0.25) is 0 Å². The fraction of sp³-hybridized carbons (Fsp3) is 0.250. The SMILES string of the molecule is COc1ccc(Br)cc1S(=O)(=O)NCC(C)c1ccccc1. The number of methoxy groups -OCH3 is 1. The van der Waals surface area contributed by atoms with Crippen LogP contribution in [0.5, 0.6) is 5.75 Å². The van der Waals surface area contributed by atoms with Gasteiger partial charge >= 0.3 is 0 Å². The Balaban J connectivity index is 2.17. The molecule has 22 heavy (non-hydrogen) atoms. The second-order valence-electron chi connectivity index (χ2n) is 4.96. The number of nitrogens with one attached hydrogen (secondary N) is 1. The van der Waals surface area contributed by atoms with E-state index in [2.05, 4.69) is 20.7 Å². The molecule has 1 unspecified atom stereocenters. The highest BCUT2D eigenvalue weighted by molar-refractivity contribution is 9.10. The largest absolute Gasteiger partial charge is 0.495 e. The molecule has 0 aromatic heterocycles. The predicted molar refractivity (Wildman–Crippen MR) is 90.7 cm³/mol. The molecule has 0 amide bonds. The minimum atomic E-state index is -3.63. The van der Waals surface area contributed by atoms with Crippen molar-refractivity contribution in [1.82, 2.24) is 4.72 Å². The van der Waals surface area contributed by atoms with Crippen LogP contribution in [0, 0.1) is 0 Å². The summed E-state index contributed by atoms with van der Waals surface area (Å²) in [6.45, 7) is 2.30. The molecule has 0 fully saturated rings. The number of halogens is 1. The van der Waals surface area contributed by atoms with E-state index < -0.39 is 10.0 Å². The van der Waals surface area contributed by atoms with E-state index in [0.717, 1.165) is 5.56 Å². The van der Waals surface area contributed by atoms with Crippen molar-refractivity contribution in [3.63, 3.8) is 0 Å². The van der Waals surface area contributed by atoms with Crippen molar-refractivity contribution in [1.29, 1.82) is 0 Å². The van der Waals surface area contributed by atoms with Crippen LogP contribution >= 0.6 is 15.9 Å². The Morgan fingerprint density at radius 2 is 1.86 bits per heavy atom. The molecule has 0 aliphatic heterocycles. The molecule has 0 saturated carbocycles. The van der Waals surface area contributed by atoms with Gasteiger partial charge in [0.1, 0.15) is 10.6 Å². The van der Waals surface area contributed by atoms with Crippen LogP contribution in [0.4, 0.5) is 0 Å². The molecule has 2 aromatic carbocycles. The first-order chi connectivity index (χ1) is 10.4. The van der Waals surface area contributed by atoms with Gasteiger partial charge in [-0.15, -0.1) is 0 Å². The van der Waals surface area contributed by atoms with E-state index in [1.807, 2.05) is 37.3 Å². The number of rotatable bonds is 6. The average Bonchev–Trinajstić information content (AvgIpc) is 2.53. The summed E-state index contributed by atoms with van der Waals surface area (Å²) in [4.78, 5) is 0.129. The summed E-state index contributed by atoms with van der Waals surface area (Å²) < 4.78 is 33.4. The molecule has 4 nitrogen and oxygen atoms in total. The summed E-state index contributed by atoms with van der Waals surface area (Å²) in [6.07, 6.45) is 0. The lowest BCUT2D eigenvalue weighted by Gasteiger charge is -2.15. The monoisotopic (exact) mass is 383 g/mol. The third-order valence-electron chi connectivity index (χ3n) is 3.36. The molecule has 1 N–H and O–H groups in total. The van der Waals surface area contributed by atoms with Gasteiger partial charge in [-0.25, -0.2) is 13.1 Å². The second kappa shape index (κ2) is 7.26. The van der Waals surface area contributed by atoms with E-state index >= 15 is 0 Å². The molecular weight excluding hydrogens is 366 g/mol. The van der Waals surface area contributed by atoms with Gasteiger partial charge in [0.05, 0.1) is 7.11 Å². The lowest BCUT2D eigenvalue weighted by Crippen LogP contribution is -2.28. The molecule has 0 bridgehead atoms. The Bertz CT molecular complexity index is 732. The minimum Gasteiger partial charge on any atom is -0.495 e. The molecule has 0 spiro atoms. The standard InChI is InChI=1S/C16H18BrNO3S/c1-12(13-6-4-3-5-7-13)11-18-22(19,20)16-10-14(17)8-9-15(16)21-2/h3-10,12,18H,11H2,1-2H3. The fourth-order valence-corrected chi connectivity index (χ4v) is 3.91. The molecule has 6 heteroatoms. The molecule has 118 valence electrons. The smallest absolute Gasteiger partial charge is 0.244 e. The van der Waals surface area contributed by atoms with E-state index in [9.17, 15) is 8.42 Å². The molecule has 0 heterocycles. The van der Waals surface area contributed by atoms with E-state index in [1.54, 1.807) is 12.1 Å². The minimum absolute atomic E-state index is 0.0779. The van der Waals surface area contributed by atoms with Crippen molar-refractivity contribution in [2.24, 2.45) is 0 Å². The normalized spacial score (nSPS) is 12.9. The number of hydrogen-bond donors (Lipinski definition) is 1. The first kappa shape index (κ1) is 17.0. The van der Waals surface area contributed by atoms with Gasteiger partial charge < -0.3 is 4.74 Å². The van der Waals surface area contributed by atoms with Gasteiger partial charge in [0.25, 0.3) is 0 Å². The molecule has 2 rings (SSSR count). The van der Waals surface area contributed by atoms with Crippen molar-refractivity contribution in [3.8, 4) is 5.75 Å². The van der Waals surface area contributed by atoms with Gasteiger partial charge in [0.15, 0.2) is 0 Å². The summed E-state index contributed by atoms with van der Waals surface area (Å²) in [6, 6.07) is 14.7. The molecule has 0 saturated heterocycles. The van der Waals surface area contributed by atoms with Crippen molar-refractivity contribution in [2.45, 2.75) is 17.7 Å². The third-order valence-corrected chi connectivity index (χ3v) is 5.30. The number of ether oxygens (including phenoxy) is 1. The zero-order valence-electron chi connectivity index (χ0n) is 12.4. The first-order valence-electron chi connectivity index (χ1n) is 6.82. The number of benzene rings is 2. The van der Waals surface area contributed by atoms with Gasteiger partial charge in [-0.1, -0.05) is 53.2 Å². The zero-order valence-corrected chi connectivity index (χ0v) is 14.8. The highest BCUT2D eigenvalue weighted by atomic mass is 79.9. The number of hydrogen-bond acceptors (Lipinski definition) is 3. The van der Waals surface area contributed by atoms with E-state index in [0.29, 0.717) is 16.8 Å². The van der Waals surface area contributed by atoms with E-state index in [4.69, 9.17) is 4.74 Å². The topological polar surface area (TPSA) is 55.4 Å². The summed E-state index contributed by atoms with van der Waals surface area (Å²) in [7, 11) is -2.18. The van der Waals surface area contributed by atoms with Crippen LogP contribution in [0.1, 0.15) is 18.4 Å². The zero-order chi connectivity index (χ0) is 16.2. The quantitative estimate of drug-likeness (QED) is 0.829. The van der Waals surface area contributed by atoms with Gasteiger partial charge in [0, 0.05) is 11.0 Å². The van der Waals surface area contributed by atoms with Crippen LogP contribution in [0.25, 0.3) is 0 Å². The van der Waals surface area contributed by atoms with Crippen molar-refractivity contribution >= 4 is 26.0 Å². The Labute approximate surface area is 139 Å². The third kappa shape index (κ3) is 4.09. The summed E-state index contributed by atoms with van der Waals surface area (Å²) in [5.74, 6) is 0.400. The fourth-order valence-electron chi connectivity index (χ4n) is 2.07. The van der Waals surface area contributed by atoms with E-state index in [1.165, 1.54) is 13.2 Å². The highest BCUT2D eigenvalue weighted by Crippen LogP contribution is 2.27. The molecule has 0 radical (unpaired) electrons. The van der Waals surface area contributed by atoms with Crippen LogP contribution < -0.4 is 9.46 Å². The summed E-state index contributed by atoms with van der Waals surface area (Å²) in [5.41, 5.74) is 1.09. The Hall–Kier alpha value is -1.37. The van der Waals surface area contributed by atoms with Gasteiger partial charge in [-0.05, 0) is 29.7 Å². The molecule has 0 aliphatic rings. The van der Waals surface area contributed by atoms with E-state index in [-0.39, 0.29) is 10.8 Å². The molecule has 2 aromatic rings. The highest BCUT2D eigenvalue weighted by Gasteiger charge is 2.20. The molecule has 1 atom stereocenters. The predicted octanol–water partition coefficient (Wildman–Crippen LogP) is 3.54. The van der Waals surface area contributed by atoms with Crippen molar-refractivity contribution in [2.75, 3.05) is 13.7 Å². The maximum atomic E-state index is 12.5. The molecule has 0 aliphatic carbocycles. The lowest BCUT2D eigenvalue weighted by atomic mass is 10.0. The maximum Gasteiger partial charge on any atom is 0.244 e. The Morgan fingerprint density at radius 1 is 1.18 bits per heavy atom. The van der Waals surface area contributed by atoms with Crippen LogP contribution in [0.3, 0.4) is 0 Å². The second-order valence-corrected chi connectivity index (χ2v) is 7.61. The van der Waals surface area contributed by atoms with Crippen LogP contribution in [0.15, 0.2) is 57.9 Å². The Morgan fingerprint density at radius 3 is 2.50 bits per heavy atom. The molecular formula is C16H18BrNO3S. The van der Waals surface area contributed by atoms with Crippen LogP contribution in [-0.2, 0) is 10.0 Å².